The van der Waals surface area contributed by atoms with Crippen LogP contribution in [0.1, 0.15) is 17.7 Å². The predicted molar refractivity (Wildman–Crippen MR) is 100 cm³/mol. The van der Waals surface area contributed by atoms with Gasteiger partial charge in [0.1, 0.15) is 0 Å². The minimum absolute atomic E-state index is 0.000543. The molecule has 2 N–H and O–H groups in total. The number of rotatable bonds is 4. The van der Waals surface area contributed by atoms with Gasteiger partial charge in [0.25, 0.3) is 0 Å². The Labute approximate surface area is 158 Å². The predicted octanol–water partition coefficient (Wildman–Crippen LogP) is 2.69. The number of benzene rings is 1. The number of nitrogens with zero attached hydrogens (tertiary/aromatic N) is 3. The minimum atomic E-state index is -3.84. The molecule has 0 bridgehead atoms. The van der Waals surface area contributed by atoms with Gasteiger partial charge in [-0.3, -0.25) is 4.90 Å². The zero-order chi connectivity index (χ0) is 18.2. The fourth-order valence-electron chi connectivity index (χ4n) is 2.71. The fourth-order valence-corrected chi connectivity index (χ4v) is 5.12. The van der Waals surface area contributed by atoms with Gasteiger partial charge in [-0.1, -0.05) is 39.4 Å². The van der Waals surface area contributed by atoms with Gasteiger partial charge in [-0.15, -0.1) is 0 Å². The maximum atomic E-state index is 12.8. The lowest BCUT2D eigenvalue weighted by Gasteiger charge is -2.34. The first-order chi connectivity index (χ1) is 11.8. The van der Waals surface area contributed by atoms with Crippen LogP contribution in [0.3, 0.4) is 0 Å². The maximum absolute atomic E-state index is 12.8. The Bertz CT molecular complexity index is 913. The molecular formula is C15H17BrN4O3S2. The molecule has 1 aliphatic rings. The molecule has 3 rings (SSSR count). The quantitative estimate of drug-likeness (QED) is 0.783. The molecule has 0 atom stereocenters. The Kier molecular flexibility index (Phi) is 5.14. The molecule has 0 saturated carbocycles. The Balaban J connectivity index is 1.83. The fraction of sp³-hybridized carbons (Fsp3) is 0.333. The molecule has 1 aromatic carbocycles. The topological polar surface area (TPSA) is 96.6 Å². The van der Waals surface area contributed by atoms with E-state index in [0.29, 0.717) is 30.5 Å². The minimum Gasteiger partial charge on any atom is -0.320 e. The number of hydrogen-bond acceptors (Lipinski definition) is 5. The molecule has 2 amide bonds. The summed E-state index contributed by atoms with van der Waals surface area (Å²) in [5.41, 5.74) is 1.34. The summed E-state index contributed by atoms with van der Waals surface area (Å²) < 4.78 is 24.2. The molecule has 0 radical (unpaired) electrons. The normalized spacial score (nSPS) is 15.7. The summed E-state index contributed by atoms with van der Waals surface area (Å²) in [7, 11) is -3.84. The first-order valence-electron chi connectivity index (χ1n) is 7.57. The molecule has 1 aromatic heterocycles. The third-order valence-electron chi connectivity index (χ3n) is 3.81. The second kappa shape index (κ2) is 7.02. The molecule has 0 spiro atoms. The van der Waals surface area contributed by atoms with Crippen LogP contribution in [0.2, 0.25) is 0 Å². The number of halogens is 1. The van der Waals surface area contributed by atoms with Crippen molar-refractivity contribution in [2.45, 2.75) is 24.1 Å². The van der Waals surface area contributed by atoms with Gasteiger partial charge in [0.05, 0.1) is 5.69 Å². The smallest absolute Gasteiger partial charge is 0.320 e. The largest absolute Gasteiger partial charge is 0.326 e. The number of sulfonamides is 1. The van der Waals surface area contributed by atoms with Gasteiger partial charge >= 0.3 is 6.03 Å². The SMILES string of the molecule is Cc1nc(N2CCCN(Cc3cccc(Br)c3)C2=O)sc1S(N)(=O)=O. The van der Waals surface area contributed by atoms with Crippen LogP contribution in [0.5, 0.6) is 0 Å². The number of nitrogens with two attached hydrogens (primary N) is 1. The van der Waals surface area contributed by atoms with Crippen LogP contribution in [-0.2, 0) is 16.6 Å². The second-order valence-electron chi connectivity index (χ2n) is 5.75. The number of carbonyl (C=O) groups excluding carboxylic acids is 1. The third-order valence-corrected chi connectivity index (χ3v) is 7.03. The summed E-state index contributed by atoms with van der Waals surface area (Å²) in [5.74, 6) is 0. The second-order valence-corrected chi connectivity index (χ2v) is 9.40. The van der Waals surface area contributed by atoms with Crippen molar-refractivity contribution in [1.29, 1.82) is 0 Å². The summed E-state index contributed by atoms with van der Waals surface area (Å²) in [6.07, 6.45) is 0.781. The summed E-state index contributed by atoms with van der Waals surface area (Å²) in [4.78, 5) is 20.3. The molecular weight excluding hydrogens is 428 g/mol. The van der Waals surface area contributed by atoms with E-state index in [1.54, 1.807) is 11.8 Å². The summed E-state index contributed by atoms with van der Waals surface area (Å²) in [6, 6.07) is 7.61. The summed E-state index contributed by atoms with van der Waals surface area (Å²) in [6.45, 7) is 3.22. The van der Waals surface area contributed by atoms with Gasteiger partial charge in [-0.25, -0.2) is 23.3 Å². The van der Waals surface area contributed by atoms with Crippen molar-refractivity contribution in [3.05, 3.63) is 40.0 Å². The van der Waals surface area contributed by atoms with Gasteiger partial charge in [-0.05, 0) is 31.0 Å². The Morgan fingerprint density at radius 3 is 2.76 bits per heavy atom. The highest BCUT2D eigenvalue weighted by molar-refractivity contribution is 9.10. The average Bonchev–Trinajstić information content (AvgIpc) is 2.91. The molecule has 1 aliphatic heterocycles. The van der Waals surface area contributed by atoms with E-state index < -0.39 is 10.0 Å². The summed E-state index contributed by atoms with van der Waals surface area (Å²) in [5, 5.41) is 5.57. The van der Waals surface area contributed by atoms with Gasteiger partial charge in [0.2, 0.25) is 10.0 Å². The Morgan fingerprint density at radius 2 is 2.12 bits per heavy atom. The third kappa shape index (κ3) is 4.02. The van der Waals surface area contributed by atoms with Crippen LogP contribution in [0.4, 0.5) is 9.93 Å². The highest BCUT2D eigenvalue weighted by atomic mass is 79.9. The van der Waals surface area contributed by atoms with Crippen molar-refractivity contribution < 1.29 is 13.2 Å². The number of hydrogen-bond donors (Lipinski definition) is 1. The van der Waals surface area contributed by atoms with E-state index >= 15 is 0 Å². The van der Waals surface area contributed by atoms with Crippen LogP contribution < -0.4 is 10.0 Å². The molecule has 134 valence electrons. The molecule has 10 heteroatoms. The van der Waals surface area contributed by atoms with Crippen molar-refractivity contribution >= 4 is 48.5 Å². The van der Waals surface area contributed by atoms with Crippen molar-refractivity contribution in [2.75, 3.05) is 18.0 Å². The molecule has 25 heavy (non-hydrogen) atoms. The average molecular weight is 445 g/mol. The lowest BCUT2D eigenvalue weighted by molar-refractivity contribution is 0.192. The monoisotopic (exact) mass is 444 g/mol. The van der Waals surface area contributed by atoms with E-state index in [1.807, 2.05) is 24.3 Å². The van der Waals surface area contributed by atoms with Gasteiger partial charge in [0.15, 0.2) is 9.34 Å². The van der Waals surface area contributed by atoms with E-state index in [0.717, 1.165) is 27.8 Å². The Hall–Kier alpha value is -1.49. The van der Waals surface area contributed by atoms with Crippen molar-refractivity contribution in [2.24, 2.45) is 5.14 Å². The first kappa shape index (κ1) is 18.3. The van der Waals surface area contributed by atoms with E-state index in [2.05, 4.69) is 20.9 Å². The number of urea groups is 1. The summed E-state index contributed by atoms with van der Waals surface area (Å²) >= 11 is 4.36. The maximum Gasteiger partial charge on any atom is 0.326 e. The molecule has 0 unspecified atom stereocenters. The molecule has 1 fully saturated rings. The zero-order valence-electron chi connectivity index (χ0n) is 13.5. The number of amides is 2. The molecule has 2 heterocycles. The lowest BCUT2D eigenvalue weighted by atomic mass is 10.2. The standard InChI is InChI=1S/C15H17BrN4O3S2/c1-10-13(25(17,22)23)24-14(18-10)20-7-3-6-19(15(20)21)9-11-4-2-5-12(16)8-11/h2,4-5,8H,3,6-7,9H2,1H3,(H2,17,22,23). The van der Waals surface area contributed by atoms with E-state index in [4.69, 9.17) is 5.14 Å². The van der Waals surface area contributed by atoms with Gasteiger partial charge in [-0.2, -0.15) is 0 Å². The number of anilines is 1. The van der Waals surface area contributed by atoms with Crippen LogP contribution in [0.25, 0.3) is 0 Å². The van der Waals surface area contributed by atoms with Crippen LogP contribution in [0.15, 0.2) is 32.9 Å². The molecule has 7 nitrogen and oxygen atoms in total. The number of thiazole rings is 1. The van der Waals surface area contributed by atoms with Gasteiger partial charge < -0.3 is 4.90 Å². The van der Waals surface area contributed by atoms with E-state index in [9.17, 15) is 13.2 Å². The van der Waals surface area contributed by atoms with Crippen molar-refractivity contribution in [3.63, 3.8) is 0 Å². The number of carbonyl (C=O) groups is 1. The molecule has 2 aromatic rings. The number of primary sulfonamides is 1. The van der Waals surface area contributed by atoms with Crippen molar-refractivity contribution in [3.8, 4) is 0 Å². The Morgan fingerprint density at radius 1 is 1.36 bits per heavy atom. The van der Waals surface area contributed by atoms with Crippen LogP contribution in [0, 0.1) is 6.92 Å². The van der Waals surface area contributed by atoms with E-state index in [-0.39, 0.29) is 10.2 Å². The molecule has 0 aliphatic carbocycles. The lowest BCUT2D eigenvalue weighted by Crippen LogP contribution is -2.49. The molecule has 1 saturated heterocycles. The van der Waals surface area contributed by atoms with Crippen LogP contribution >= 0.6 is 27.3 Å². The number of aryl methyl sites for hydroxylation is 1. The van der Waals surface area contributed by atoms with Crippen LogP contribution in [-0.4, -0.2) is 37.4 Å². The van der Waals surface area contributed by atoms with Gasteiger partial charge in [0, 0.05) is 24.1 Å². The highest BCUT2D eigenvalue weighted by Gasteiger charge is 2.30. The first-order valence-corrected chi connectivity index (χ1v) is 10.7. The highest BCUT2D eigenvalue weighted by Crippen LogP contribution is 2.31. The van der Waals surface area contributed by atoms with E-state index in [1.165, 1.54) is 4.90 Å². The van der Waals surface area contributed by atoms with Crippen molar-refractivity contribution in [1.82, 2.24) is 9.88 Å². The zero-order valence-corrected chi connectivity index (χ0v) is 16.7. The number of aromatic nitrogens is 1.